The highest BCUT2D eigenvalue weighted by Gasteiger charge is 2.14. The molecule has 0 saturated carbocycles. The number of benzene rings is 1. The van der Waals surface area contributed by atoms with Crippen molar-refractivity contribution in [2.24, 2.45) is 12.9 Å². The Bertz CT molecular complexity index is 478. The number of aryl methyl sites for hydroxylation is 1. The Hall–Kier alpha value is -1.85. The van der Waals surface area contributed by atoms with Gasteiger partial charge in [0.25, 0.3) is 0 Å². The molecule has 5 nitrogen and oxygen atoms in total. The zero-order valence-electron chi connectivity index (χ0n) is 9.92. The Balaban J connectivity index is 2.28. The molecule has 0 aliphatic heterocycles. The first kappa shape index (κ1) is 11.6. The number of ether oxygens (including phenoxy) is 1. The molecular formula is C12H16N4O. The Morgan fingerprint density at radius 3 is 2.47 bits per heavy atom. The van der Waals surface area contributed by atoms with Gasteiger partial charge in [-0.05, 0) is 23.8 Å². The van der Waals surface area contributed by atoms with Crippen molar-refractivity contribution >= 4 is 0 Å². The molecule has 17 heavy (non-hydrogen) atoms. The molecule has 3 N–H and O–H groups in total. The third-order valence-corrected chi connectivity index (χ3v) is 2.65. The number of hydrogen-bond donors (Lipinski definition) is 2. The van der Waals surface area contributed by atoms with Crippen LogP contribution in [0.4, 0.5) is 0 Å². The van der Waals surface area contributed by atoms with Gasteiger partial charge in [0.1, 0.15) is 5.75 Å². The molecule has 0 amide bonds. The number of methoxy groups -OCH3 is 1. The minimum atomic E-state index is -0.109. The predicted octanol–water partition coefficient (Wildman–Crippen LogP) is 0.981. The van der Waals surface area contributed by atoms with Gasteiger partial charge in [0.15, 0.2) is 0 Å². The third kappa shape index (κ3) is 2.46. The topological polar surface area (TPSA) is 65.1 Å². The van der Waals surface area contributed by atoms with E-state index in [1.165, 1.54) is 0 Å². The summed E-state index contributed by atoms with van der Waals surface area (Å²) in [6.45, 7) is 0. The lowest BCUT2D eigenvalue weighted by Crippen LogP contribution is -2.29. The van der Waals surface area contributed by atoms with Gasteiger partial charge in [0.05, 0.1) is 18.8 Å². The number of hydrazine groups is 1. The highest BCUT2D eigenvalue weighted by atomic mass is 16.5. The van der Waals surface area contributed by atoms with Crippen molar-refractivity contribution in [3.63, 3.8) is 0 Å². The maximum absolute atomic E-state index is 5.59. The highest BCUT2D eigenvalue weighted by Crippen LogP contribution is 2.21. The Morgan fingerprint density at radius 2 is 2.00 bits per heavy atom. The SMILES string of the molecule is COc1ccc(C(NN)c2ccn(C)n2)cc1. The van der Waals surface area contributed by atoms with Crippen LogP contribution in [0.3, 0.4) is 0 Å². The largest absolute Gasteiger partial charge is 0.497 e. The summed E-state index contributed by atoms with van der Waals surface area (Å²) in [6.07, 6.45) is 1.89. The van der Waals surface area contributed by atoms with Crippen molar-refractivity contribution in [1.29, 1.82) is 0 Å². The molecule has 0 fully saturated rings. The molecule has 0 aliphatic rings. The van der Waals surface area contributed by atoms with Crippen molar-refractivity contribution in [3.05, 3.63) is 47.8 Å². The van der Waals surface area contributed by atoms with E-state index in [2.05, 4.69) is 10.5 Å². The molecule has 1 atom stereocenters. The van der Waals surface area contributed by atoms with Crippen molar-refractivity contribution in [1.82, 2.24) is 15.2 Å². The molecular weight excluding hydrogens is 216 g/mol. The molecule has 5 heteroatoms. The smallest absolute Gasteiger partial charge is 0.118 e. The molecule has 1 aromatic heterocycles. The molecule has 1 aromatic carbocycles. The molecule has 2 aromatic rings. The molecule has 2 rings (SSSR count). The van der Waals surface area contributed by atoms with E-state index in [1.807, 2.05) is 43.6 Å². The Labute approximate surface area is 100 Å². The van der Waals surface area contributed by atoms with Gasteiger partial charge in [-0.2, -0.15) is 5.10 Å². The molecule has 1 heterocycles. The quantitative estimate of drug-likeness (QED) is 0.609. The van der Waals surface area contributed by atoms with Crippen LogP contribution < -0.4 is 16.0 Å². The van der Waals surface area contributed by atoms with Crippen molar-refractivity contribution in [2.45, 2.75) is 6.04 Å². The van der Waals surface area contributed by atoms with Gasteiger partial charge >= 0.3 is 0 Å². The second-order valence-corrected chi connectivity index (χ2v) is 3.79. The number of nitrogens with zero attached hydrogens (tertiary/aromatic N) is 2. The zero-order chi connectivity index (χ0) is 12.3. The lowest BCUT2D eigenvalue weighted by Gasteiger charge is -2.14. The van der Waals surface area contributed by atoms with Gasteiger partial charge in [-0.15, -0.1) is 0 Å². The van der Waals surface area contributed by atoms with Crippen LogP contribution in [0.25, 0.3) is 0 Å². The second-order valence-electron chi connectivity index (χ2n) is 3.79. The van der Waals surface area contributed by atoms with E-state index in [0.29, 0.717) is 0 Å². The predicted molar refractivity (Wildman–Crippen MR) is 65.4 cm³/mol. The van der Waals surface area contributed by atoms with Gasteiger partial charge in [0.2, 0.25) is 0 Å². The van der Waals surface area contributed by atoms with E-state index < -0.39 is 0 Å². The fourth-order valence-electron chi connectivity index (χ4n) is 1.74. The Morgan fingerprint density at radius 1 is 1.29 bits per heavy atom. The number of aromatic nitrogens is 2. The third-order valence-electron chi connectivity index (χ3n) is 2.65. The summed E-state index contributed by atoms with van der Waals surface area (Å²) in [5.41, 5.74) is 4.71. The first-order valence-electron chi connectivity index (χ1n) is 5.34. The summed E-state index contributed by atoms with van der Waals surface area (Å²) < 4.78 is 6.87. The molecule has 0 bridgehead atoms. The van der Waals surface area contributed by atoms with E-state index in [-0.39, 0.29) is 6.04 Å². The van der Waals surface area contributed by atoms with Gasteiger partial charge in [0, 0.05) is 13.2 Å². The van der Waals surface area contributed by atoms with E-state index >= 15 is 0 Å². The van der Waals surface area contributed by atoms with Crippen LogP contribution >= 0.6 is 0 Å². The number of hydrogen-bond acceptors (Lipinski definition) is 4. The molecule has 0 saturated heterocycles. The minimum absolute atomic E-state index is 0.109. The van der Waals surface area contributed by atoms with Crippen LogP contribution in [-0.4, -0.2) is 16.9 Å². The van der Waals surface area contributed by atoms with Crippen LogP contribution in [0.15, 0.2) is 36.5 Å². The second kappa shape index (κ2) is 4.99. The summed E-state index contributed by atoms with van der Waals surface area (Å²) in [5.74, 6) is 6.41. The Kier molecular flexibility index (Phi) is 3.41. The normalized spacial score (nSPS) is 12.4. The molecule has 1 unspecified atom stereocenters. The molecule has 0 radical (unpaired) electrons. The fourth-order valence-corrected chi connectivity index (χ4v) is 1.74. The lowest BCUT2D eigenvalue weighted by molar-refractivity contribution is 0.414. The van der Waals surface area contributed by atoms with Crippen LogP contribution in [0, 0.1) is 0 Å². The number of nitrogens with two attached hydrogens (primary N) is 1. The number of nitrogens with one attached hydrogen (secondary N) is 1. The van der Waals surface area contributed by atoms with Crippen LogP contribution in [-0.2, 0) is 7.05 Å². The molecule has 0 aliphatic carbocycles. The van der Waals surface area contributed by atoms with E-state index in [1.54, 1.807) is 11.8 Å². The van der Waals surface area contributed by atoms with Crippen molar-refractivity contribution in [3.8, 4) is 5.75 Å². The number of rotatable bonds is 4. The fraction of sp³-hybridized carbons (Fsp3) is 0.250. The van der Waals surface area contributed by atoms with Gasteiger partial charge in [-0.25, -0.2) is 5.43 Å². The first-order chi connectivity index (χ1) is 8.24. The lowest BCUT2D eigenvalue weighted by atomic mass is 10.0. The maximum atomic E-state index is 5.59. The maximum Gasteiger partial charge on any atom is 0.118 e. The highest BCUT2D eigenvalue weighted by molar-refractivity contribution is 5.32. The standard InChI is InChI=1S/C12H16N4O/c1-16-8-7-11(15-16)12(14-13)9-3-5-10(17-2)6-4-9/h3-8,12,14H,13H2,1-2H3. The summed E-state index contributed by atoms with van der Waals surface area (Å²) in [7, 11) is 3.53. The van der Waals surface area contributed by atoms with E-state index in [4.69, 9.17) is 10.6 Å². The van der Waals surface area contributed by atoms with Gasteiger partial charge in [-0.3, -0.25) is 10.5 Å². The van der Waals surface area contributed by atoms with Gasteiger partial charge in [-0.1, -0.05) is 12.1 Å². The average molecular weight is 232 g/mol. The van der Waals surface area contributed by atoms with Crippen molar-refractivity contribution < 1.29 is 4.74 Å². The van der Waals surface area contributed by atoms with Crippen LogP contribution in [0.2, 0.25) is 0 Å². The summed E-state index contributed by atoms with van der Waals surface area (Å²) >= 11 is 0. The first-order valence-corrected chi connectivity index (χ1v) is 5.34. The molecule has 90 valence electrons. The summed E-state index contributed by atoms with van der Waals surface area (Å²) in [4.78, 5) is 0. The van der Waals surface area contributed by atoms with Crippen molar-refractivity contribution in [2.75, 3.05) is 7.11 Å². The van der Waals surface area contributed by atoms with Crippen LogP contribution in [0.5, 0.6) is 5.75 Å². The summed E-state index contributed by atoms with van der Waals surface area (Å²) in [6, 6.07) is 9.58. The van der Waals surface area contributed by atoms with Crippen LogP contribution in [0.1, 0.15) is 17.3 Å². The summed E-state index contributed by atoms with van der Waals surface area (Å²) in [5, 5.41) is 4.34. The minimum Gasteiger partial charge on any atom is -0.497 e. The molecule has 0 spiro atoms. The van der Waals surface area contributed by atoms with Gasteiger partial charge < -0.3 is 4.74 Å². The average Bonchev–Trinajstić information content (AvgIpc) is 2.78. The zero-order valence-corrected chi connectivity index (χ0v) is 9.92. The van der Waals surface area contributed by atoms with E-state index in [0.717, 1.165) is 17.0 Å². The van der Waals surface area contributed by atoms with E-state index in [9.17, 15) is 0 Å². The monoisotopic (exact) mass is 232 g/mol.